The lowest BCUT2D eigenvalue weighted by molar-refractivity contribution is -0.119. The van der Waals surface area contributed by atoms with Crippen LogP contribution in [0.4, 0.5) is 5.69 Å². The maximum absolute atomic E-state index is 11.9. The first-order valence-electron chi connectivity index (χ1n) is 6.18. The Morgan fingerprint density at radius 1 is 1.53 bits per heavy atom. The lowest BCUT2D eigenvalue weighted by atomic mass is 9.94. The normalized spacial score (nSPS) is 10.8. The number of pyridine rings is 1. The Balaban J connectivity index is 2.52. The van der Waals surface area contributed by atoms with Crippen LogP contribution in [0.5, 0.6) is 0 Å². The molecular weight excluding hydrogens is 258 g/mol. The number of nitrogens with one attached hydrogen (secondary N) is 1. The van der Waals surface area contributed by atoms with Crippen molar-refractivity contribution in [3.63, 3.8) is 0 Å². The molecule has 3 N–H and O–H groups in total. The van der Waals surface area contributed by atoms with E-state index in [-0.39, 0.29) is 5.91 Å². The van der Waals surface area contributed by atoms with Gasteiger partial charge in [0.2, 0.25) is 5.91 Å². The highest BCUT2D eigenvalue weighted by Crippen LogP contribution is 2.17. The van der Waals surface area contributed by atoms with E-state index in [9.17, 15) is 4.79 Å². The number of terminal acetylenes is 1. The quantitative estimate of drug-likeness (QED) is 0.617. The Kier molecular flexibility index (Phi) is 5.71. The van der Waals surface area contributed by atoms with Crippen LogP contribution in [0.1, 0.15) is 26.7 Å². The number of carbonyl (C=O) groups excluding carboxylic acids is 1. The average molecular weight is 277 g/mol. The molecule has 0 aromatic carbocycles. The number of nitrogens with zero attached hydrogens (tertiary/aromatic N) is 1. The van der Waals surface area contributed by atoms with Gasteiger partial charge in [-0.1, -0.05) is 31.5 Å². The summed E-state index contributed by atoms with van der Waals surface area (Å²) >= 11 is 1.36. The van der Waals surface area contributed by atoms with Gasteiger partial charge in [-0.25, -0.2) is 4.98 Å². The third-order valence-corrected chi connectivity index (χ3v) is 3.92. The standard InChI is InChI=1S/C14H19N3OS/c1-4-14(5-2,6-3)17-12(18)10-19-13-8-7-11(15)9-16-13/h1,7-9H,5-6,10,15H2,2-3H3,(H,17,18). The minimum Gasteiger partial charge on any atom is -0.397 e. The molecule has 0 saturated carbocycles. The number of aromatic nitrogens is 1. The molecule has 0 aliphatic heterocycles. The fraction of sp³-hybridized carbons (Fsp3) is 0.429. The van der Waals surface area contributed by atoms with Gasteiger partial charge in [-0.05, 0) is 25.0 Å². The average Bonchev–Trinajstić information content (AvgIpc) is 2.44. The molecule has 5 heteroatoms. The van der Waals surface area contributed by atoms with Crippen LogP contribution in [-0.4, -0.2) is 22.2 Å². The maximum atomic E-state index is 11.9. The number of rotatable bonds is 6. The number of hydrogen-bond donors (Lipinski definition) is 2. The van der Waals surface area contributed by atoms with Gasteiger partial charge in [-0.3, -0.25) is 4.79 Å². The zero-order valence-electron chi connectivity index (χ0n) is 11.3. The van der Waals surface area contributed by atoms with Crippen molar-refractivity contribution in [2.24, 2.45) is 0 Å². The Hall–Kier alpha value is -1.67. The van der Waals surface area contributed by atoms with Crippen molar-refractivity contribution < 1.29 is 4.79 Å². The fourth-order valence-corrected chi connectivity index (χ4v) is 2.23. The monoisotopic (exact) mass is 277 g/mol. The second-order valence-corrected chi connectivity index (χ2v) is 5.20. The van der Waals surface area contributed by atoms with Crippen LogP contribution in [-0.2, 0) is 4.79 Å². The lowest BCUT2D eigenvalue weighted by Gasteiger charge is -2.26. The molecule has 1 amide bonds. The van der Waals surface area contributed by atoms with Gasteiger partial charge in [-0.15, -0.1) is 6.42 Å². The Morgan fingerprint density at radius 2 is 2.21 bits per heavy atom. The van der Waals surface area contributed by atoms with Gasteiger partial charge in [0.15, 0.2) is 0 Å². The molecule has 19 heavy (non-hydrogen) atoms. The largest absolute Gasteiger partial charge is 0.397 e. The molecule has 0 spiro atoms. The summed E-state index contributed by atoms with van der Waals surface area (Å²) in [6, 6.07) is 3.55. The molecule has 0 aliphatic rings. The number of nitrogens with two attached hydrogens (primary N) is 1. The highest BCUT2D eigenvalue weighted by molar-refractivity contribution is 7.99. The smallest absolute Gasteiger partial charge is 0.231 e. The summed E-state index contributed by atoms with van der Waals surface area (Å²) in [6.45, 7) is 3.94. The predicted octanol–water partition coefficient (Wildman–Crippen LogP) is 2.06. The summed E-state index contributed by atoms with van der Waals surface area (Å²) in [5, 5.41) is 3.68. The summed E-state index contributed by atoms with van der Waals surface area (Å²) in [4.78, 5) is 16.0. The molecule has 0 bridgehead atoms. The van der Waals surface area contributed by atoms with Gasteiger partial charge in [0.05, 0.1) is 22.7 Å². The van der Waals surface area contributed by atoms with E-state index in [0.29, 0.717) is 11.4 Å². The van der Waals surface area contributed by atoms with Crippen molar-refractivity contribution >= 4 is 23.4 Å². The van der Waals surface area contributed by atoms with Crippen LogP contribution in [0.2, 0.25) is 0 Å². The van der Waals surface area contributed by atoms with Crippen LogP contribution >= 0.6 is 11.8 Å². The van der Waals surface area contributed by atoms with Crippen molar-refractivity contribution in [1.82, 2.24) is 10.3 Å². The van der Waals surface area contributed by atoms with Gasteiger partial charge in [-0.2, -0.15) is 0 Å². The molecule has 0 aliphatic carbocycles. The van der Waals surface area contributed by atoms with Crippen LogP contribution in [0.3, 0.4) is 0 Å². The molecular formula is C14H19N3OS. The minimum absolute atomic E-state index is 0.0784. The number of anilines is 1. The van der Waals surface area contributed by atoms with Gasteiger partial charge >= 0.3 is 0 Å². The number of hydrogen-bond acceptors (Lipinski definition) is 4. The van der Waals surface area contributed by atoms with Gasteiger partial charge in [0.25, 0.3) is 0 Å². The Morgan fingerprint density at radius 3 is 2.68 bits per heavy atom. The van der Waals surface area contributed by atoms with Crippen molar-refractivity contribution in [3.05, 3.63) is 18.3 Å². The zero-order chi connectivity index (χ0) is 14.3. The highest BCUT2D eigenvalue weighted by Gasteiger charge is 2.25. The van der Waals surface area contributed by atoms with Crippen molar-refractivity contribution in [3.8, 4) is 12.3 Å². The second-order valence-electron chi connectivity index (χ2n) is 4.20. The first kappa shape index (κ1) is 15.4. The van der Waals surface area contributed by atoms with E-state index < -0.39 is 5.54 Å². The zero-order valence-corrected chi connectivity index (χ0v) is 12.1. The van der Waals surface area contributed by atoms with Crippen molar-refractivity contribution in [2.45, 2.75) is 37.3 Å². The molecule has 1 rings (SSSR count). The summed E-state index contributed by atoms with van der Waals surface area (Å²) in [6.07, 6.45) is 8.51. The first-order chi connectivity index (χ1) is 9.05. The minimum atomic E-state index is -0.536. The number of thioether (sulfide) groups is 1. The number of carbonyl (C=O) groups is 1. The molecule has 0 saturated heterocycles. The van der Waals surface area contributed by atoms with Crippen LogP contribution in [0.25, 0.3) is 0 Å². The van der Waals surface area contributed by atoms with E-state index in [1.54, 1.807) is 18.3 Å². The van der Waals surface area contributed by atoms with E-state index >= 15 is 0 Å². The maximum Gasteiger partial charge on any atom is 0.231 e. The van der Waals surface area contributed by atoms with Crippen molar-refractivity contribution in [1.29, 1.82) is 0 Å². The molecule has 1 aromatic heterocycles. The van der Waals surface area contributed by atoms with Crippen LogP contribution < -0.4 is 11.1 Å². The van der Waals surface area contributed by atoms with E-state index in [4.69, 9.17) is 12.2 Å². The summed E-state index contributed by atoms with van der Waals surface area (Å²) in [5.41, 5.74) is 5.62. The van der Waals surface area contributed by atoms with Crippen molar-refractivity contribution in [2.75, 3.05) is 11.5 Å². The molecule has 0 atom stereocenters. The molecule has 1 aromatic rings. The first-order valence-corrected chi connectivity index (χ1v) is 7.17. The van der Waals surface area contributed by atoms with E-state index in [1.807, 2.05) is 13.8 Å². The second kappa shape index (κ2) is 7.05. The van der Waals surface area contributed by atoms with Gasteiger partial charge < -0.3 is 11.1 Å². The number of nitrogen functional groups attached to an aromatic ring is 1. The lowest BCUT2D eigenvalue weighted by Crippen LogP contribution is -2.47. The molecule has 4 nitrogen and oxygen atoms in total. The number of amides is 1. The fourth-order valence-electron chi connectivity index (χ4n) is 1.59. The third-order valence-electron chi connectivity index (χ3n) is 2.97. The van der Waals surface area contributed by atoms with E-state index in [0.717, 1.165) is 17.9 Å². The molecule has 0 radical (unpaired) electrons. The summed E-state index contributed by atoms with van der Waals surface area (Å²) < 4.78 is 0. The SMILES string of the molecule is C#CC(CC)(CC)NC(=O)CSc1ccc(N)cn1. The third kappa shape index (κ3) is 4.49. The summed E-state index contributed by atoms with van der Waals surface area (Å²) in [5.74, 6) is 2.89. The molecule has 102 valence electrons. The van der Waals surface area contributed by atoms with Gasteiger partial charge in [0.1, 0.15) is 5.54 Å². The molecule has 1 heterocycles. The topological polar surface area (TPSA) is 68.0 Å². The molecule has 0 fully saturated rings. The Bertz CT molecular complexity index is 461. The summed E-state index contributed by atoms with van der Waals surface area (Å²) in [7, 11) is 0. The van der Waals surface area contributed by atoms with Crippen LogP contribution in [0.15, 0.2) is 23.4 Å². The predicted molar refractivity (Wildman–Crippen MR) is 79.7 cm³/mol. The highest BCUT2D eigenvalue weighted by atomic mass is 32.2. The van der Waals surface area contributed by atoms with Crippen LogP contribution in [0, 0.1) is 12.3 Å². The Labute approximate surface area is 118 Å². The van der Waals surface area contributed by atoms with E-state index in [1.165, 1.54) is 11.8 Å². The molecule has 0 unspecified atom stereocenters. The van der Waals surface area contributed by atoms with E-state index in [2.05, 4.69) is 16.2 Å². The van der Waals surface area contributed by atoms with Gasteiger partial charge in [0, 0.05) is 0 Å².